The molecule has 39 heavy (non-hydrogen) atoms. The van der Waals surface area contributed by atoms with Crippen LogP contribution in [0.3, 0.4) is 0 Å². The molecule has 5 nitrogen and oxygen atoms in total. The number of aliphatic imine (C=N–C) groups is 2. The fraction of sp³-hybridized carbons (Fsp3) is 0.0303. The second-order valence-electron chi connectivity index (χ2n) is 9.63. The van der Waals surface area contributed by atoms with E-state index in [1.807, 2.05) is 36.4 Å². The number of aromatic nitrogens is 2. The maximum absolute atomic E-state index is 6.69. The number of nitrogens with one attached hydrogen (secondary N) is 1. The number of para-hydroxylation sites is 3. The Bertz CT molecular complexity index is 2100. The predicted molar refractivity (Wildman–Crippen MR) is 162 cm³/mol. The van der Waals surface area contributed by atoms with Crippen molar-refractivity contribution in [3.05, 3.63) is 127 Å². The van der Waals surface area contributed by atoms with E-state index in [9.17, 15) is 0 Å². The first-order chi connectivity index (χ1) is 19.3. The topological polar surface area (TPSA) is 46.6 Å². The lowest BCUT2D eigenvalue weighted by molar-refractivity contribution is 0.820. The molecular weight excluding hydrogens is 502 g/mol. The van der Waals surface area contributed by atoms with Crippen LogP contribution in [0.1, 0.15) is 5.56 Å². The Labute approximate surface area is 229 Å². The predicted octanol–water partition coefficient (Wildman–Crippen LogP) is 7.67. The van der Waals surface area contributed by atoms with Gasteiger partial charge in [-0.1, -0.05) is 109 Å². The zero-order valence-electron chi connectivity index (χ0n) is 20.8. The minimum Gasteiger partial charge on any atom is -0.335 e. The standard InChI is InChI=1S/C33H22ClN5/c34-32-35-31(21-11-3-1-4-12-21)36-33(37-32)39-28-18-10-8-16-24(28)26-20-19-25-23-15-7-9-17-27(23)38(29(25)30(26)39)22-13-5-2-6-14-22/h1-20,32H,(H,35,36,37). The molecule has 6 heteroatoms. The first-order valence-corrected chi connectivity index (χ1v) is 13.4. The Morgan fingerprint density at radius 1 is 0.564 bits per heavy atom. The van der Waals surface area contributed by atoms with Gasteiger partial charge >= 0.3 is 0 Å². The lowest BCUT2D eigenvalue weighted by atomic mass is 10.1. The van der Waals surface area contributed by atoms with Crippen molar-refractivity contribution in [2.24, 2.45) is 9.98 Å². The Balaban J connectivity index is 1.55. The highest BCUT2D eigenvalue weighted by Crippen LogP contribution is 2.40. The summed E-state index contributed by atoms with van der Waals surface area (Å²) in [6.45, 7) is 0. The molecule has 8 rings (SSSR count). The molecule has 5 aromatic carbocycles. The van der Waals surface area contributed by atoms with E-state index >= 15 is 0 Å². The zero-order valence-corrected chi connectivity index (χ0v) is 21.5. The minimum absolute atomic E-state index is 0.552. The number of halogens is 1. The highest BCUT2D eigenvalue weighted by molar-refractivity contribution is 6.28. The van der Waals surface area contributed by atoms with Crippen LogP contribution in [0.4, 0.5) is 0 Å². The summed E-state index contributed by atoms with van der Waals surface area (Å²) in [6.07, 6.45) is 0. The molecule has 0 aliphatic carbocycles. The number of nitrogens with zero attached hydrogens (tertiary/aromatic N) is 4. The summed E-state index contributed by atoms with van der Waals surface area (Å²) in [5, 5.41) is 7.88. The number of rotatable bonds is 2. The van der Waals surface area contributed by atoms with Crippen molar-refractivity contribution >= 4 is 67.0 Å². The average molecular weight is 524 g/mol. The van der Waals surface area contributed by atoms with Crippen molar-refractivity contribution in [1.82, 2.24) is 14.5 Å². The summed E-state index contributed by atoms with van der Waals surface area (Å²) >= 11 is 6.69. The third-order valence-corrected chi connectivity index (χ3v) is 7.63. The third-order valence-electron chi connectivity index (χ3n) is 7.43. The van der Waals surface area contributed by atoms with Gasteiger partial charge < -0.3 is 9.88 Å². The molecule has 1 N–H and O–H groups in total. The van der Waals surface area contributed by atoms with Gasteiger partial charge in [-0.2, -0.15) is 4.99 Å². The highest BCUT2D eigenvalue weighted by atomic mass is 35.5. The van der Waals surface area contributed by atoms with Gasteiger partial charge in [0.2, 0.25) is 5.96 Å². The molecule has 1 atom stereocenters. The molecule has 7 aromatic rings. The van der Waals surface area contributed by atoms with E-state index in [2.05, 4.69) is 99.4 Å². The molecule has 2 aromatic heterocycles. The van der Waals surface area contributed by atoms with E-state index in [1.165, 1.54) is 10.8 Å². The van der Waals surface area contributed by atoms with Gasteiger partial charge in [-0.05, 0) is 24.3 Å². The Kier molecular flexibility index (Phi) is 4.87. The fourth-order valence-corrected chi connectivity index (χ4v) is 6.00. The molecule has 3 heterocycles. The normalized spacial score (nSPS) is 15.6. The van der Waals surface area contributed by atoms with Gasteiger partial charge in [0.15, 0.2) is 5.62 Å². The summed E-state index contributed by atoms with van der Waals surface area (Å²) in [6, 6.07) is 42.0. The SMILES string of the molecule is ClC1N=C(n2c3ccccc3c3ccc4c5ccccc5n(-c5ccccc5)c4c32)N=C(c2ccccc2)N1. The van der Waals surface area contributed by atoms with Crippen molar-refractivity contribution in [3.63, 3.8) is 0 Å². The Hall–Kier alpha value is -4.87. The van der Waals surface area contributed by atoms with Gasteiger partial charge in [0.05, 0.1) is 22.1 Å². The van der Waals surface area contributed by atoms with Crippen LogP contribution in [0, 0.1) is 0 Å². The Morgan fingerprint density at radius 2 is 1.10 bits per heavy atom. The number of amidine groups is 1. The van der Waals surface area contributed by atoms with Crippen LogP contribution < -0.4 is 5.32 Å². The number of alkyl halides is 1. The van der Waals surface area contributed by atoms with Gasteiger partial charge in [-0.25, -0.2) is 4.99 Å². The molecule has 186 valence electrons. The number of hydrogen-bond donors (Lipinski definition) is 1. The van der Waals surface area contributed by atoms with Crippen molar-refractivity contribution < 1.29 is 0 Å². The molecule has 1 aliphatic heterocycles. The monoisotopic (exact) mass is 523 g/mol. The van der Waals surface area contributed by atoms with Gasteiger partial charge in [-0.15, -0.1) is 0 Å². The van der Waals surface area contributed by atoms with Crippen LogP contribution in [-0.4, -0.2) is 26.6 Å². The van der Waals surface area contributed by atoms with E-state index in [4.69, 9.17) is 21.6 Å². The van der Waals surface area contributed by atoms with E-state index in [0.717, 1.165) is 44.1 Å². The van der Waals surface area contributed by atoms with Crippen LogP contribution in [0.25, 0.3) is 49.3 Å². The summed E-state index contributed by atoms with van der Waals surface area (Å²) in [5.74, 6) is 1.25. The molecule has 0 amide bonds. The van der Waals surface area contributed by atoms with E-state index in [1.54, 1.807) is 0 Å². The van der Waals surface area contributed by atoms with Crippen LogP contribution in [0.15, 0.2) is 131 Å². The maximum Gasteiger partial charge on any atom is 0.235 e. The van der Waals surface area contributed by atoms with E-state index < -0.39 is 5.62 Å². The summed E-state index contributed by atoms with van der Waals surface area (Å²) < 4.78 is 4.52. The first kappa shape index (κ1) is 22.1. The van der Waals surface area contributed by atoms with Crippen molar-refractivity contribution in [2.75, 3.05) is 0 Å². The number of benzene rings is 5. The fourth-order valence-electron chi connectivity index (χ4n) is 5.81. The van der Waals surface area contributed by atoms with Gasteiger partial charge in [0, 0.05) is 32.8 Å². The van der Waals surface area contributed by atoms with Crippen LogP contribution >= 0.6 is 11.6 Å². The molecule has 0 bridgehead atoms. The second-order valence-corrected chi connectivity index (χ2v) is 10.0. The number of fused-ring (bicyclic) bond motifs is 7. The van der Waals surface area contributed by atoms with Crippen LogP contribution in [0.2, 0.25) is 0 Å². The van der Waals surface area contributed by atoms with Crippen molar-refractivity contribution in [1.29, 1.82) is 0 Å². The van der Waals surface area contributed by atoms with Gasteiger partial charge in [-0.3, -0.25) is 4.57 Å². The maximum atomic E-state index is 6.69. The summed E-state index contributed by atoms with van der Waals surface area (Å²) in [5.41, 5.74) is 5.76. The van der Waals surface area contributed by atoms with Crippen molar-refractivity contribution in [2.45, 2.75) is 5.62 Å². The largest absolute Gasteiger partial charge is 0.335 e. The summed E-state index contributed by atoms with van der Waals surface area (Å²) in [7, 11) is 0. The lowest BCUT2D eigenvalue weighted by Gasteiger charge is -2.20. The van der Waals surface area contributed by atoms with Gasteiger partial charge in [0.1, 0.15) is 5.84 Å². The molecule has 0 saturated carbocycles. The quantitative estimate of drug-likeness (QED) is 0.183. The molecule has 0 fully saturated rings. The van der Waals surface area contributed by atoms with Crippen LogP contribution in [-0.2, 0) is 0 Å². The molecule has 0 radical (unpaired) electrons. The van der Waals surface area contributed by atoms with E-state index in [-0.39, 0.29) is 0 Å². The van der Waals surface area contributed by atoms with E-state index in [0.29, 0.717) is 11.8 Å². The molecule has 0 spiro atoms. The average Bonchev–Trinajstić information content (AvgIpc) is 3.51. The third kappa shape index (κ3) is 3.33. The smallest absolute Gasteiger partial charge is 0.235 e. The number of hydrogen-bond acceptors (Lipinski definition) is 3. The molecular formula is C33H22ClN5. The van der Waals surface area contributed by atoms with Crippen LogP contribution in [0.5, 0.6) is 0 Å². The molecule has 1 unspecified atom stereocenters. The van der Waals surface area contributed by atoms with Gasteiger partial charge in [0.25, 0.3) is 0 Å². The molecule has 1 aliphatic rings. The van der Waals surface area contributed by atoms with Crippen molar-refractivity contribution in [3.8, 4) is 5.69 Å². The highest BCUT2D eigenvalue weighted by Gasteiger charge is 2.25. The summed E-state index contributed by atoms with van der Waals surface area (Å²) in [4.78, 5) is 9.83. The second kappa shape index (κ2) is 8.58. The minimum atomic E-state index is -0.650. The molecule has 0 saturated heterocycles. The Morgan fingerprint density at radius 3 is 1.77 bits per heavy atom. The zero-order chi connectivity index (χ0) is 25.9. The lowest BCUT2D eigenvalue weighted by Crippen LogP contribution is -2.36. The first-order valence-electron chi connectivity index (χ1n) is 12.9.